The highest BCUT2D eigenvalue weighted by Gasteiger charge is 2.24. The summed E-state index contributed by atoms with van der Waals surface area (Å²) in [5.74, 6) is -0.311. The average Bonchev–Trinajstić information content (AvgIpc) is 3.32. The molecular weight excluding hydrogens is 364 g/mol. The third-order valence-electron chi connectivity index (χ3n) is 4.52. The lowest BCUT2D eigenvalue weighted by atomic mass is 10.1. The number of thiazole rings is 1. The molecule has 1 aliphatic heterocycles. The normalized spacial score (nSPS) is 16.3. The minimum Gasteiger partial charge on any atom is -0.375 e. The van der Waals surface area contributed by atoms with Gasteiger partial charge in [-0.2, -0.15) is 0 Å². The zero-order chi connectivity index (χ0) is 19.2. The SMILES string of the molecule is Cc1c(NC(=O)C2CCCO2)cccc1C(=O)NCCCc1csc(N)n1. The van der Waals surface area contributed by atoms with E-state index in [1.54, 1.807) is 18.2 Å². The molecule has 2 heterocycles. The van der Waals surface area contributed by atoms with Crippen molar-refractivity contribution in [2.24, 2.45) is 0 Å². The lowest BCUT2D eigenvalue weighted by Crippen LogP contribution is -2.28. The van der Waals surface area contributed by atoms with Crippen molar-refractivity contribution in [3.63, 3.8) is 0 Å². The number of benzene rings is 1. The first-order valence-corrected chi connectivity index (χ1v) is 9.92. The van der Waals surface area contributed by atoms with Gasteiger partial charge in [0, 0.05) is 29.8 Å². The molecule has 4 N–H and O–H groups in total. The summed E-state index contributed by atoms with van der Waals surface area (Å²) in [4.78, 5) is 28.9. The molecule has 2 amide bonds. The van der Waals surface area contributed by atoms with Gasteiger partial charge in [-0.3, -0.25) is 9.59 Å². The van der Waals surface area contributed by atoms with Gasteiger partial charge in [-0.1, -0.05) is 6.07 Å². The van der Waals surface area contributed by atoms with Crippen molar-refractivity contribution in [1.29, 1.82) is 0 Å². The minimum atomic E-state index is -0.401. The number of aromatic nitrogens is 1. The van der Waals surface area contributed by atoms with Crippen LogP contribution < -0.4 is 16.4 Å². The maximum Gasteiger partial charge on any atom is 0.253 e. The molecule has 0 aliphatic carbocycles. The monoisotopic (exact) mass is 388 g/mol. The molecule has 0 radical (unpaired) electrons. The first-order valence-electron chi connectivity index (χ1n) is 9.05. The first kappa shape index (κ1) is 19.3. The Morgan fingerprint density at radius 3 is 2.96 bits per heavy atom. The van der Waals surface area contributed by atoms with E-state index in [-0.39, 0.29) is 11.8 Å². The summed E-state index contributed by atoms with van der Waals surface area (Å²) < 4.78 is 5.40. The third-order valence-corrected chi connectivity index (χ3v) is 5.25. The van der Waals surface area contributed by atoms with E-state index in [9.17, 15) is 9.59 Å². The van der Waals surface area contributed by atoms with E-state index < -0.39 is 6.10 Å². The summed E-state index contributed by atoms with van der Waals surface area (Å²) in [6, 6.07) is 5.32. The third kappa shape index (κ3) is 5.05. The fraction of sp³-hybridized carbons (Fsp3) is 0.421. The van der Waals surface area contributed by atoms with Gasteiger partial charge in [0.25, 0.3) is 11.8 Å². The van der Waals surface area contributed by atoms with Gasteiger partial charge in [0.05, 0.1) is 5.69 Å². The van der Waals surface area contributed by atoms with E-state index >= 15 is 0 Å². The van der Waals surface area contributed by atoms with Crippen LogP contribution in [0.3, 0.4) is 0 Å². The molecule has 1 saturated heterocycles. The summed E-state index contributed by atoms with van der Waals surface area (Å²) in [5.41, 5.74) is 8.50. The summed E-state index contributed by atoms with van der Waals surface area (Å²) in [7, 11) is 0. The van der Waals surface area contributed by atoms with Crippen molar-refractivity contribution in [1.82, 2.24) is 10.3 Å². The van der Waals surface area contributed by atoms with Gasteiger partial charge < -0.3 is 21.1 Å². The van der Waals surface area contributed by atoms with E-state index in [1.807, 2.05) is 12.3 Å². The zero-order valence-electron chi connectivity index (χ0n) is 15.3. The number of carbonyl (C=O) groups is 2. The van der Waals surface area contributed by atoms with E-state index in [0.717, 1.165) is 36.9 Å². The predicted octanol–water partition coefficient (Wildman–Crippen LogP) is 2.51. The number of nitrogens with one attached hydrogen (secondary N) is 2. The lowest BCUT2D eigenvalue weighted by Gasteiger charge is -2.15. The Hall–Kier alpha value is -2.45. The maximum atomic E-state index is 12.5. The molecule has 8 heteroatoms. The van der Waals surface area contributed by atoms with E-state index in [4.69, 9.17) is 10.5 Å². The molecule has 2 aromatic rings. The highest BCUT2D eigenvalue weighted by Crippen LogP contribution is 2.21. The van der Waals surface area contributed by atoms with Crippen molar-refractivity contribution in [3.05, 3.63) is 40.4 Å². The molecule has 0 spiro atoms. The van der Waals surface area contributed by atoms with E-state index in [2.05, 4.69) is 15.6 Å². The van der Waals surface area contributed by atoms with Gasteiger partial charge in [-0.15, -0.1) is 11.3 Å². The Morgan fingerprint density at radius 1 is 1.41 bits per heavy atom. The second-order valence-corrected chi connectivity index (χ2v) is 7.40. The summed E-state index contributed by atoms with van der Waals surface area (Å²) in [6.45, 7) is 2.99. The van der Waals surface area contributed by atoms with Crippen molar-refractivity contribution < 1.29 is 14.3 Å². The van der Waals surface area contributed by atoms with Crippen molar-refractivity contribution >= 4 is 34.0 Å². The highest BCUT2D eigenvalue weighted by molar-refractivity contribution is 7.13. The Balaban J connectivity index is 1.53. The Bertz CT molecular complexity index is 815. The van der Waals surface area contributed by atoms with Crippen LogP contribution in [-0.4, -0.2) is 36.1 Å². The summed E-state index contributed by atoms with van der Waals surface area (Å²) >= 11 is 1.42. The molecule has 1 unspecified atom stereocenters. The topological polar surface area (TPSA) is 106 Å². The van der Waals surface area contributed by atoms with Crippen LogP contribution in [0.15, 0.2) is 23.6 Å². The van der Waals surface area contributed by atoms with Crippen molar-refractivity contribution in [2.75, 3.05) is 24.2 Å². The first-order chi connectivity index (χ1) is 13.0. The highest BCUT2D eigenvalue weighted by atomic mass is 32.1. The number of ether oxygens (including phenoxy) is 1. The van der Waals surface area contributed by atoms with Gasteiger partial charge in [-0.05, 0) is 50.3 Å². The largest absolute Gasteiger partial charge is 0.375 e. The second-order valence-electron chi connectivity index (χ2n) is 6.51. The number of rotatable bonds is 7. The summed E-state index contributed by atoms with van der Waals surface area (Å²) in [5, 5.41) is 8.29. The van der Waals surface area contributed by atoms with E-state index in [0.29, 0.717) is 29.5 Å². The van der Waals surface area contributed by atoms with Crippen LogP contribution in [0.2, 0.25) is 0 Å². The molecule has 1 aromatic carbocycles. The van der Waals surface area contributed by atoms with Gasteiger partial charge in [0.1, 0.15) is 6.10 Å². The second kappa shape index (κ2) is 8.96. The van der Waals surface area contributed by atoms with Crippen LogP contribution in [0.5, 0.6) is 0 Å². The van der Waals surface area contributed by atoms with Crippen LogP contribution in [0.1, 0.15) is 40.9 Å². The number of nitrogens with two attached hydrogens (primary N) is 1. The fourth-order valence-corrected chi connectivity index (χ4v) is 3.62. The average molecular weight is 388 g/mol. The molecule has 0 saturated carbocycles. The summed E-state index contributed by atoms with van der Waals surface area (Å²) in [6.07, 6.45) is 2.78. The number of carbonyl (C=O) groups excluding carboxylic acids is 2. The molecule has 3 rings (SSSR count). The van der Waals surface area contributed by atoms with Gasteiger partial charge >= 0.3 is 0 Å². The zero-order valence-corrected chi connectivity index (χ0v) is 16.1. The number of amides is 2. The molecule has 1 aliphatic rings. The molecule has 1 aromatic heterocycles. The predicted molar refractivity (Wildman–Crippen MR) is 106 cm³/mol. The Morgan fingerprint density at radius 2 is 2.26 bits per heavy atom. The molecule has 27 heavy (non-hydrogen) atoms. The quantitative estimate of drug-likeness (QED) is 0.632. The number of aryl methyl sites for hydroxylation is 1. The van der Waals surface area contributed by atoms with Crippen molar-refractivity contribution in [2.45, 2.75) is 38.7 Å². The molecule has 1 atom stereocenters. The molecule has 7 nitrogen and oxygen atoms in total. The smallest absolute Gasteiger partial charge is 0.253 e. The van der Waals surface area contributed by atoms with Crippen LogP contribution in [0.4, 0.5) is 10.8 Å². The van der Waals surface area contributed by atoms with Crippen LogP contribution in [0.25, 0.3) is 0 Å². The van der Waals surface area contributed by atoms with Crippen molar-refractivity contribution in [3.8, 4) is 0 Å². The van der Waals surface area contributed by atoms with Gasteiger partial charge in [-0.25, -0.2) is 4.98 Å². The Kier molecular flexibility index (Phi) is 6.41. The molecule has 144 valence electrons. The number of nitrogen functional groups attached to an aromatic ring is 1. The van der Waals surface area contributed by atoms with Crippen LogP contribution in [-0.2, 0) is 16.0 Å². The lowest BCUT2D eigenvalue weighted by molar-refractivity contribution is -0.124. The maximum absolute atomic E-state index is 12.5. The van der Waals surface area contributed by atoms with Crippen LogP contribution >= 0.6 is 11.3 Å². The van der Waals surface area contributed by atoms with Gasteiger partial charge in [0.2, 0.25) is 0 Å². The standard InChI is InChI=1S/C19H24N4O3S/c1-12-14(17(24)21-9-3-5-13-11-27-19(20)22-13)6-2-7-15(12)23-18(25)16-8-4-10-26-16/h2,6-7,11,16H,3-5,8-10H2,1H3,(H2,20,22)(H,21,24)(H,23,25). The number of hydrogen-bond donors (Lipinski definition) is 3. The van der Waals surface area contributed by atoms with Gasteiger partial charge in [0.15, 0.2) is 5.13 Å². The number of hydrogen-bond acceptors (Lipinski definition) is 6. The minimum absolute atomic E-state index is 0.154. The number of nitrogens with zero attached hydrogens (tertiary/aromatic N) is 1. The molecular formula is C19H24N4O3S. The fourth-order valence-electron chi connectivity index (χ4n) is 3.02. The number of anilines is 2. The van der Waals surface area contributed by atoms with E-state index in [1.165, 1.54) is 11.3 Å². The molecule has 1 fully saturated rings. The Labute approximate surface area is 162 Å². The molecule has 0 bridgehead atoms. The van der Waals surface area contributed by atoms with Crippen LogP contribution in [0, 0.1) is 6.92 Å².